The van der Waals surface area contributed by atoms with Gasteiger partial charge in [0.25, 0.3) is 0 Å². The van der Waals surface area contributed by atoms with Crippen LogP contribution in [0.4, 0.5) is 0 Å². The minimum absolute atomic E-state index is 0.245. The topological polar surface area (TPSA) is 17.1 Å². The molecule has 0 aromatic carbocycles. The van der Waals surface area contributed by atoms with Gasteiger partial charge in [-0.05, 0) is 38.5 Å². The van der Waals surface area contributed by atoms with E-state index in [0.29, 0.717) is 5.78 Å². The van der Waals surface area contributed by atoms with Gasteiger partial charge in [-0.3, -0.25) is 4.79 Å². The molecule has 0 aromatic heterocycles. The lowest BCUT2D eigenvalue weighted by Gasteiger charge is -2.27. The van der Waals surface area contributed by atoms with Gasteiger partial charge in [0.1, 0.15) is 5.78 Å². The highest BCUT2D eigenvalue weighted by Crippen LogP contribution is 2.65. The zero-order valence-electron chi connectivity index (χ0n) is 6.86. The fourth-order valence-electron chi connectivity index (χ4n) is 2.81. The Labute approximate surface area is 67.2 Å². The lowest BCUT2D eigenvalue weighted by atomic mass is 9.75. The van der Waals surface area contributed by atoms with Gasteiger partial charge >= 0.3 is 0 Å². The van der Waals surface area contributed by atoms with Gasteiger partial charge in [-0.2, -0.15) is 0 Å². The van der Waals surface area contributed by atoms with E-state index >= 15 is 0 Å². The zero-order chi connectivity index (χ0) is 7.53. The Morgan fingerprint density at radius 2 is 1.27 bits per heavy atom. The van der Waals surface area contributed by atoms with Crippen LogP contribution in [0.3, 0.4) is 0 Å². The SMILES string of the molecule is O=C1C2(CCCC13CC3)CC2. The van der Waals surface area contributed by atoms with Crippen LogP contribution in [0.25, 0.3) is 0 Å². The molecule has 11 heavy (non-hydrogen) atoms. The van der Waals surface area contributed by atoms with E-state index in [2.05, 4.69) is 0 Å². The molecule has 0 radical (unpaired) electrons. The molecule has 0 saturated heterocycles. The van der Waals surface area contributed by atoms with Gasteiger partial charge in [-0.25, -0.2) is 0 Å². The fraction of sp³-hybridized carbons (Fsp3) is 0.900. The Hall–Kier alpha value is -0.330. The number of hydrogen-bond donors (Lipinski definition) is 0. The zero-order valence-corrected chi connectivity index (χ0v) is 6.86. The van der Waals surface area contributed by atoms with Crippen LogP contribution in [-0.2, 0) is 4.79 Å². The summed E-state index contributed by atoms with van der Waals surface area (Å²) in [7, 11) is 0. The second-order valence-corrected chi connectivity index (χ2v) is 4.74. The summed E-state index contributed by atoms with van der Waals surface area (Å²) in [5.41, 5.74) is 0.490. The fourth-order valence-corrected chi connectivity index (χ4v) is 2.81. The maximum atomic E-state index is 11.9. The first-order chi connectivity index (χ1) is 5.28. The lowest BCUT2D eigenvalue weighted by molar-refractivity contribution is -0.132. The van der Waals surface area contributed by atoms with Crippen molar-refractivity contribution in [1.29, 1.82) is 0 Å². The van der Waals surface area contributed by atoms with E-state index in [-0.39, 0.29) is 10.8 Å². The second-order valence-electron chi connectivity index (χ2n) is 4.74. The molecule has 0 aromatic rings. The van der Waals surface area contributed by atoms with Crippen molar-refractivity contribution in [2.75, 3.05) is 0 Å². The number of carbonyl (C=O) groups is 1. The van der Waals surface area contributed by atoms with E-state index in [1.54, 1.807) is 0 Å². The Bertz CT molecular complexity index is 199. The maximum Gasteiger partial charge on any atom is 0.145 e. The molecule has 1 heteroatoms. The molecule has 0 atom stereocenters. The van der Waals surface area contributed by atoms with Crippen LogP contribution < -0.4 is 0 Å². The molecule has 3 rings (SSSR count). The average molecular weight is 150 g/mol. The van der Waals surface area contributed by atoms with E-state index in [0.717, 1.165) is 0 Å². The first-order valence-corrected chi connectivity index (χ1v) is 4.83. The van der Waals surface area contributed by atoms with Crippen LogP contribution in [0, 0.1) is 10.8 Å². The van der Waals surface area contributed by atoms with Crippen molar-refractivity contribution in [2.24, 2.45) is 10.8 Å². The van der Waals surface area contributed by atoms with Gasteiger partial charge < -0.3 is 0 Å². The van der Waals surface area contributed by atoms with Crippen molar-refractivity contribution in [3.8, 4) is 0 Å². The van der Waals surface area contributed by atoms with Gasteiger partial charge in [0.05, 0.1) is 0 Å². The van der Waals surface area contributed by atoms with Crippen LogP contribution >= 0.6 is 0 Å². The standard InChI is InChI=1S/C10H14O/c11-8-9(4-5-9)2-1-3-10(8)6-7-10/h1-7H2. The average Bonchev–Trinajstić information content (AvgIpc) is 2.82. The molecule has 0 amide bonds. The van der Waals surface area contributed by atoms with Crippen LogP contribution in [0.2, 0.25) is 0 Å². The Morgan fingerprint density at radius 3 is 1.64 bits per heavy atom. The highest BCUT2D eigenvalue weighted by atomic mass is 16.1. The molecule has 0 bridgehead atoms. The molecule has 0 N–H and O–H groups in total. The van der Waals surface area contributed by atoms with Crippen molar-refractivity contribution < 1.29 is 4.79 Å². The molecule has 3 aliphatic carbocycles. The van der Waals surface area contributed by atoms with Crippen LogP contribution in [-0.4, -0.2) is 5.78 Å². The molecule has 0 unspecified atom stereocenters. The van der Waals surface area contributed by atoms with Crippen molar-refractivity contribution in [2.45, 2.75) is 44.9 Å². The quantitative estimate of drug-likeness (QED) is 0.518. The van der Waals surface area contributed by atoms with E-state index in [1.165, 1.54) is 44.9 Å². The molecular formula is C10H14O. The van der Waals surface area contributed by atoms with Crippen molar-refractivity contribution >= 4 is 5.78 Å². The Morgan fingerprint density at radius 1 is 0.818 bits per heavy atom. The molecular weight excluding hydrogens is 136 g/mol. The number of hydrogen-bond acceptors (Lipinski definition) is 1. The van der Waals surface area contributed by atoms with Crippen molar-refractivity contribution in [3.05, 3.63) is 0 Å². The predicted molar refractivity (Wildman–Crippen MR) is 42.2 cm³/mol. The van der Waals surface area contributed by atoms with Crippen molar-refractivity contribution in [1.82, 2.24) is 0 Å². The Balaban J connectivity index is 1.94. The smallest absolute Gasteiger partial charge is 0.145 e. The first-order valence-electron chi connectivity index (χ1n) is 4.83. The summed E-state index contributed by atoms with van der Waals surface area (Å²) in [6.45, 7) is 0. The molecule has 1 nitrogen and oxygen atoms in total. The van der Waals surface area contributed by atoms with Gasteiger partial charge in [0.2, 0.25) is 0 Å². The summed E-state index contributed by atoms with van der Waals surface area (Å²) in [5, 5.41) is 0. The number of ketones is 1. The lowest BCUT2D eigenvalue weighted by Crippen LogP contribution is -2.30. The number of rotatable bonds is 0. The van der Waals surface area contributed by atoms with Gasteiger partial charge in [-0.1, -0.05) is 6.42 Å². The summed E-state index contributed by atoms with van der Waals surface area (Å²) in [4.78, 5) is 11.9. The van der Waals surface area contributed by atoms with Gasteiger partial charge in [0.15, 0.2) is 0 Å². The van der Waals surface area contributed by atoms with E-state index in [4.69, 9.17) is 0 Å². The van der Waals surface area contributed by atoms with Gasteiger partial charge in [-0.15, -0.1) is 0 Å². The molecule has 0 aliphatic heterocycles. The minimum atomic E-state index is 0.245. The Kier molecular flexibility index (Phi) is 0.875. The molecule has 60 valence electrons. The summed E-state index contributed by atoms with van der Waals surface area (Å²) in [6.07, 6.45) is 8.62. The normalized spacial score (nSPS) is 36.2. The van der Waals surface area contributed by atoms with E-state index < -0.39 is 0 Å². The molecule has 3 aliphatic rings. The third kappa shape index (κ3) is 0.646. The van der Waals surface area contributed by atoms with Crippen molar-refractivity contribution in [3.63, 3.8) is 0 Å². The molecule has 3 fully saturated rings. The van der Waals surface area contributed by atoms with Gasteiger partial charge in [0, 0.05) is 10.8 Å². The summed E-state index contributed by atoms with van der Waals surface area (Å²) in [5.74, 6) is 0.663. The third-order valence-corrected chi connectivity index (χ3v) is 3.98. The highest BCUT2D eigenvalue weighted by molar-refractivity contribution is 5.95. The second kappa shape index (κ2) is 1.55. The monoisotopic (exact) mass is 150 g/mol. The largest absolute Gasteiger partial charge is 0.298 e. The van der Waals surface area contributed by atoms with Crippen LogP contribution in [0.5, 0.6) is 0 Å². The van der Waals surface area contributed by atoms with E-state index in [9.17, 15) is 4.79 Å². The molecule has 3 saturated carbocycles. The third-order valence-electron chi connectivity index (χ3n) is 3.98. The van der Waals surface area contributed by atoms with Crippen LogP contribution in [0.1, 0.15) is 44.9 Å². The number of Topliss-reactive ketones (excluding diaryl/α,β-unsaturated/α-hetero) is 1. The molecule has 2 spiro atoms. The number of carbonyl (C=O) groups excluding carboxylic acids is 1. The summed E-state index contributed by atoms with van der Waals surface area (Å²) < 4.78 is 0. The minimum Gasteiger partial charge on any atom is -0.298 e. The maximum absolute atomic E-state index is 11.9. The summed E-state index contributed by atoms with van der Waals surface area (Å²) in [6, 6.07) is 0. The predicted octanol–water partition coefficient (Wildman–Crippen LogP) is 2.30. The highest BCUT2D eigenvalue weighted by Gasteiger charge is 2.63. The summed E-state index contributed by atoms with van der Waals surface area (Å²) >= 11 is 0. The first kappa shape index (κ1) is 6.22. The van der Waals surface area contributed by atoms with Crippen LogP contribution in [0.15, 0.2) is 0 Å². The van der Waals surface area contributed by atoms with E-state index in [1.807, 2.05) is 0 Å². The molecule has 0 heterocycles.